The zero-order valence-electron chi connectivity index (χ0n) is 55.6. The van der Waals surface area contributed by atoms with Crippen molar-refractivity contribution < 1.29 is 86.3 Å². The van der Waals surface area contributed by atoms with Crippen molar-refractivity contribution in [2.24, 2.45) is 35.1 Å². The van der Waals surface area contributed by atoms with E-state index < -0.39 is 65.0 Å². The van der Waals surface area contributed by atoms with E-state index in [0.717, 1.165) is 9.80 Å². The van der Waals surface area contributed by atoms with Crippen LogP contribution in [0, 0.1) is 33.8 Å². The summed E-state index contributed by atoms with van der Waals surface area (Å²) in [5.41, 5.74) is 12.3. The highest BCUT2D eigenvalue weighted by Gasteiger charge is 2.32. The Bertz CT molecular complexity index is 3320. The molecule has 0 radical (unpaired) electrons. The minimum absolute atomic E-state index is 0. The molecule has 31 heteroatoms. The molecule has 3 aromatic rings. The maximum atomic E-state index is 13.5. The minimum atomic E-state index is -1.02. The fourth-order valence-corrected chi connectivity index (χ4v) is 9.99. The summed E-state index contributed by atoms with van der Waals surface area (Å²) >= 11 is 0. The summed E-state index contributed by atoms with van der Waals surface area (Å²) in [5, 5.41) is 29.3. The largest absolute Gasteiger partial charge is 0.514 e. The summed E-state index contributed by atoms with van der Waals surface area (Å²) in [6, 6.07) is 14.9. The number of alkyl carbamates (subject to hydrolysis) is 1. The molecule has 0 unspecified atom stereocenters. The minimum Gasteiger partial charge on any atom is -0.445 e. The zero-order chi connectivity index (χ0) is 72.3. The van der Waals surface area contributed by atoms with Gasteiger partial charge in [-0.3, -0.25) is 67.9 Å². The normalized spacial score (nSPS) is 13.2. The molecular formula is C69H96N12O19. The molecule has 11 N–H and O–H groups in total. The number of nitrogens with two attached hydrogens (primary N) is 2. The molecule has 0 fully saturated rings. The van der Waals surface area contributed by atoms with Gasteiger partial charge in [-0.15, -0.1) is 0 Å². The topological polar surface area (TPSA) is 453 Å². The first-order chi connectivity index (χ1) is 46.6. The average molecular weight is 1400 g/mol. The first kappa shape index (κ1) is 85.2. The number of ketones is 2. The second kappa shape index (κ2) is 44.8. The van der Waals surface area contributed by atoms with E-state index in [0.29, 0.717) is 73.9 Å². The van der Waals surface area contributed by atoms with E-state index in [9.17, 15) is 77.2 Å². The highest BCUT2D eigenvalue weighted by Crippen LogP contribution is 2.24. The van der Waals surface area contributed by atoms with Crippen molar-refractivity contribution >= 4 is 100 Å². The molecule has 0 spiro atoms. The molecule has 2 aliphatic heterocycles. The van der Waals surface area contributed by atoms with E-state index in [2.05, 4.69) is 37.2 Å². The molecule has 0 saturated carbocycles. The first-order valence-corrected chi connectivity index (χ1v) is 32.1. The van der Waals surface area contributed by atoms with E-state index in [1.165, 1.54) is 55.6 Å². The number of rotatable bonds is 40. The highest BCUT2D eigenvalue weighted by molar-refractivity contribution is 6.13. The molecule has 0 bridgehead atoms. The smallest absolute Gasteiger partial charge is 0.445 e. The van der Waals surface area contributed by atoms with Gasteiger partial charge in [-0.1, -0.05) is 79.7 Å². The van der Waals surface area contributed by atoms with Crippen molar-refractivity contribution in [3.8, 4) is 5.75 Å². The molecule has 4 atom stereocenters. The maximum Gasteiger partial charge on any atom is 0.514 e. The van der Waals surface area contributed by atoms with Gasteiger partial charge in [0.1, 0.15) is 19.0 Å². The second-order valence-corrected chi connectivity index (χ2v) is 23.7. The molecular weight excluding hydrogens is 1300 g/mol. The molecule has 31 nitrogen and oxygen atoms in total. The lowest BCUT2D eigenvalue weighted by Crippen LogP contribution is -2.45. The van der Waals surface area contributed by atoms with Gasteiger partial charge < -0.3 is 62.9 Å². The summed E-state index contributed by atoms with van der Waals surface area (Å²) in [5.74, 6) is -5.47. The first-order valence-electron chi connectivity index (χ1n) is 32.1. The van der Waals surface area contributed by atoms with Crippen LogP contribution < -0.4 is 53.4 Å². The fraction of sp³-hybridized carbons (Fsp3) is 0.478. The molecule has 13 amide bonds. The number of nitrogens with zero attached hydrogens (tertiary/aromatic N) is 3. The van der Waals surface area contributed by atoms with Gasteiger partial charge in [-0.05, 0) is 111 Å². The standard InChI is InChI=1S/C36H44N6O11.C31H44N6O8.2CH4/c1-23(2)33(40-30(44)8-4-3-5-20-41-31(45)17-18-32(41)46)29(43)21-25(7-6-19-38-35(37)48)34(47)39-26-11-9-24(10-12-26)22-52-36(49)53-28-15-13-27(14-16-28)42(50)51;1-20(2)28(36-25(39)9-5-4-6-17-37-26(40)14-15-27(37)41)24(38)18-22(8-7-16-34-30(32)43)29(42)35-23-12-10-21(11-13-23)19-45-31(44)33-3;;/h9-18,23,25,33H,3-8,19-22H2,1-2H3,(H,39,47)(H,40,44)(H3,37,38,48);10-15,20,22,28H,4-9,16-19H2,1-3H3,(H,33,44)(H,35,42)(H,36,39)(H3,32,34,43);2*1H4/t25-,33+;22-,28+;;/m11../s1. The summed E-state index contributed by atoms with van der Waals surface area (Å²) in [6.45, 7) is 8.05. The molecule has 0 aliphatic carbocycles. The zero-order valence-corrected chi connectivity index (χ0v) is 55.6. The lowest BCUT2D eigenvalue weighted by Gasteiger charge is -2.24. The maximum absolute atomic E-state index is 13.5. The van der Waals surface area contributed by atoms with Crippen LogP contribution in [-0.2, 0) is 70.6 Å². The molecule has 546 valence electrons. The Labute approximate surface area is 581 Å². The number of hydrogen-bond acceptors (Lipinski definition) is 19. The van der Waals surface area contributed by atoms with Crippen LogP contribution in [0.25, 0.3) is 0 Å². The van der Waals surface area contributed by atoms with Crippen LogP contribution in [0.15, 0.2) is 97.1 Å². The number of hydrogen-bond donors (Lipinski definition) is 9. The summed E-state index contributed by atoms with van der Waals surface area (Å²) in [6.07, 6.45) is 7.91. The number of Topliss-reactive ketones (excluding diaryl/α,β-unsaturated/α-hetero) is 2. The quantitative estimate of drug-likeness (QED) is 0.00673. The van der Waals surface area contributed by atoms with Gasteiger partial charge >= 0.3 is 24.3 Å². The van der Waals surface area contributed by atoms with Crippen LogP contribution in [0.2, 0.25) is 0 Å². The van der Waals surface area contributed by atoms with E-state index >= 15 is 0 Å². The fourth-order valence-electron chi connectivity index (χ4n) is 9.99. The Morgan fingerprint density at radius 3 is 1.25 bits per heavy atom. The number of nitro benzene ring substituents is 1. The monoisotopic (exact) mass is 1400 g/mol. The van der Waals surface area contributed by atoms with Crippen LogP contribution in [-0.4, -0.2) is 143 Å². The molecule has 5 rings (SSSR count). The molecule has 0 aromatic heterocycles. The van der Waals surface area contributed by atoms with Crippen molar-refractivity contribution in [3.63, 3.8) is 0 Å². The SMILES string of the molecule is C.C.CC(C)[C@H](NC(=O)CCCCCN1C(=O)C=CC1=O)C(=O)C[C@@H](CCCNC(N)=O)C(=O)Nc1ccc(COC(=O)Oc2ccc([N+](=O)[O-])cc2)cc1.CNC(=O)OCc1ccc(NC(=O)[C@H](CCCNC(N)=O)CC(=O)[C@@H](NC(=O)CCCCCN2C(=O)C=CC2=O)C(C)C)cc1. The van der Waals surface area contributed by atoms with Crippen molar-refractivity contribution in [3.05, 3.63) is 118 Å². The lowest BCUT2D eigenvalue weighted by atomic mass is 9.89. The highest BCUT2D eigenvalue weighted by atomic mass is 16.7. The van der Waals surface area contributed by atoms with Crippen molar-refractivity contribution in [2.75, 3.05) is 43.9 Å². The Balaban J connectivity index is 0.000000676. The van der Waals surface area contributed by atoms with Crippen molar-refractivity contribution in [1.82, 2.24) is 36.4 Å². The van der Waals surface area contributed by atoms with Gasteiger partial charge in [-0.25, -0.2) is 19.2 Å². The average Bonchev–Trinajstić information content (AvgIpc) is 1.57. The Morgan fingerprint density at radius 2 is 0.900 bits per heavy atom. The van der Waals surface area contributed by atoms with Gasteiger partial charge in [0.05, 0.1) is 17.0 Å². The molecule has 3 aromatic carbocycles. The summed E-state index contributed by atoms with van der Waals surface area (Å²) < 4.78 is 15.1. The van der Waals surface area contributed by atoms with Crippen LogP contribution in [0.3, 0.4) is 0 Å². The van der Waals surface area contributed by atoms with E-state index in [4.69, 9.17) is 25.7 Å². The van der Waals surface area contributed by atoms with E-state index in [1.807, 2.05) is 13.8 Å². The summed E-state index contributed by atoms with van der Waals surface area (Å²) in [4.78, 5) is 184. The number of non-ortho nitro benzene ring substituents is 1. The predicted molar refractivity (Wildman–Crippen MR) is 369 cm³/mol. The molecule has 2 heterocycles. The number of nitro groups is 1. The number of carbonyl (C=O) groups excluding carboxylic acids is 14. The number of unbranched alkanes of at least 4 members (excludes halogenated alkanes) is 4. The Kier molecular flexibility index (Phi) is 38.2. The number of ether oxygens (including phenoxy) is 3. The lowest BCUT2D eigenvalue weighted by molar-refractivity contribution is -0.384. The number of urea groups is 2. The van der Waals surface area contributed by atoms with Gasteiger partial charge in [0.25, 0.3) is 29.3 Å². The molecule has 100 heavy (non-hydrogen) atoms. The van der Waals surface area contributed by atoms with Crippen molar-refractivity contribution in [1.29, 1.82) is 0 Å². The van der Waals surface area contributed by atoms with Crippen molar-refractivity contribution in [2.45, 2.75) is 158 Å². The number of primary amides is 2. The number of anilines is 2. The third-order valence-corrected chi connectivity index (χ3v) is 15.3. The van der Waals surface area contributed by atoms with E-state index in [1.54, 1.807) is 62.4 Å². The second-order valence-electron chi connectivity index (χ2n) is 23.7. The Morgan fingerprint density at radius 1 is 0.520 bits per heavy atom. The predicted octanol–water partition coefficient (Wildman–Crippen LogP) is 7.30. The van der Waals surface area contributed by atoms with E-state index in [-0.39, 0.29) is 163 Å². The third kappa shape index (κ3) is 31.5. The van der Waals surface area contributed by atoms with Crippen LogP contribution in [0.4, 0.5) is 36.2 Å². The summed E-state index contributed by atoms with van der Waals surface area (Å²) in [7, 11) is 1.46. The Hall–Kier alpha value is -10.9. The van der Waals surface area contributed by atoms with Gasteiger partial charge in [-0.2, -0.15) is 0 Å². The molecule has 0 saturated heterocycles. The van der Waals surface area contributed by atoms with Gasteiger partial charge in [0.15, 0.2) is 11.6 Å². The van der Waals surface area contributed by atoms with Crippen LogP contribution >= 0.6 is 0 Å². The van der Waals surface area contributed by atoms with Crippen LogP contribution in [0.5, 0.6) is 5.75 Å². The number of carbonyl (C=O) groups is 14. The van der Waals surface area contributed by atoms with Gasteiger partial charge in [0.2, 0.25) is 23.6 Å². The van der Waals surface area contributed by atoms with Crippen LogP contribution in [0.1, 0.15) is 144 Å². The van der Waals surface area contributed by atoms with Gasteiger partial charge in [0, 0.05) is 119 Å². The number of benzene rings is 3. The molecule has 2 aliphatic rings. The number of nitrogens with one attached hydrogen (secondary N) is 7. The number of amides is 13. The number of imide groups is 2. The third-order valence-electron chi connectivity index (χ3n) is 15.3.